The fraction of sp³-hybridized carbons (Fsp3) is 0.429. The first-order valence-corrected chi connectivity index (χ1v) is 9.18. The van der Waals surface area contributed by atoms with Crippen molar-refractivity contribution in [1.29, 1.82) is 0 Å². The van der Waals surface area contributed by atoms with Crippen molar-refractivity contribution < 1.29 is 13.5 Å². The molecule has 0 unspecified atom stereocenters. The molecule has 2 aromatic rings. The number of hydrogen-bond acceptors (Lipinski definition) is 5. The van der Waals surface area contributed by atoms with Gasteiger partial charge in [0.05, 0.1) is 29.1 Å². The summed E-state index contributed by atoms with van der Waals surface area (Å²) in [5, 5.41) is 17.1. The first-order valence-electron chi connectivity index (χ1n) is 6.98. The van der Waals surface area contributed by atoms with Gasteiger partial charge in [0.1, 0.15) is 0 Å². The van der Waals surface area contributed by atoms with Crippen LogP contribution in [0, 0.1) is 0 Å². The molecule has 22 heavy (non-hydrogen) atoms. The smallest absolute Gasteiger partial charge is 0.156 e. The van der Waals surface area contributed by atoms with E-state index in [-0.39, 0.29) is 18.1 Å². The molecule has 0 saturated heterocycles. The van der Waals surface area contributed by atoms with Gasteiger partial charge < -0.3 is 5.11 Å². The van der Waals surface area contributed by atoms with Gasteiger partial charge in [-0.05, 0) is 37.1 Å². The number of benzene rings is 1. The molecule has 0 aliphatic rings. The molecule has 0 aliphatic heterocycles. The van der Waals surface area contributed by atoms with Gasteiger partial charge in [-0.15, -0.1) is 5.10 Å². The summed E-state index contributed by atoms with van der Waals surface area (Å²) >= 11 is 5.82. The Hall–Kier alpha value is -1.44. The topological polar surface area (TPSA) is 85.1 Å². The summed E-state index contributed by atoms with van der Waals surface area (Å²) in [6.07, 6.45) is 3.48. The second-order valence-corrected chi connectivity index (χ2v) is 7.63. The molecule has 6 nitrogen and oxygen atoms in total. The summed E-state index contributed by atoms with van der Waals surface area (Å²) in [6, 6.07) is 7.03. The third-order valence-electron chi connectivity index (χ3n) is 3.11. The molecule has 120 valence electrons. The van der Waals surface area contributed by atoms with Crippen molar-refractivity contribution in [2.75, 3.05) is 12.4 Å². The highest BCUT2D eigenvalue weighted by Gasteiger charge is 2.14. The molecule has 0 atom stereocenters. The second-order valence-electron chi connectivity index (χ2n) is 5.01. The predicted molar refractivity (Wildman–Crippen MR) is 84.8 cm³/mol. The van der Waals surface area contributed by atoms with E-state index < -0.39 is 9.84 Å². The van der Waals surface area contributed by atoms with Crippen LogP contribution >= 0.6 is 11.6 Å². The molecule has 0 amide bonds. The van der Waals surface area contributed by atoms with Crippen molar-refractivity contribution in [3.63, 3.8) is 0 Å². The highest BCUT2D eigenvalue weighted by atomic mass is 35.5. The number of aliphatic hydroxyl groups is 1. The molecule has 2 rings (SSSR count). The lowest BCUT2D eigenvalue weighted by atomic mass is 10.3. The van der Waals surface area contributed by atoms with E-state index in [1.165, 1.54) is 4.68 Å². The van der Waals surface area contributed by atoms with Crippen molar-refractivity contribution in [2.24, 2.45) is 0 Å². The van der Waals surface area contributed by atoms with Crippen molar-refractivity contribution in [2.45, 2.75) is 25.0 Å². The first kappa shape index (κ1) is 16.9. The fourth-order valence-corrected chi connectivity index (χ4v) is 3.49. The third kappa shape index (κ3) is 5.08. The fourth-order valence-electron chi connectivity index (χ4n) is 1.99. The number of hydrogen-bond donors (Lipinski definition) is 1. The summed E-state index contributed by atoms with van der Waals surface area (Å²) in [5.74, 6) is -0.0273. The number of rotatable bonds is 8. The maximum Gasteiger partial charge on any atom is 0.156 e. The molecule has 0 aliphatic carbocycles. The van der Waals surface area contributed by atoms with Gasteiger partial charge in [-0.25, -0.2) is 13.1 Å². The minimum Gasteiger partial charge on any atom is -0.396 e. The van der Waals surface area contributed by atoms with Gasteiger partial charge >= 0.3 is 0 Å². The zero-order valence-electron chi connectivity index (χ0n) is 12.0. The lowest BCUT2D eigenvalue weighted by Crippen LogP contribution is -2.10. The van der Waals surface area contributed by atoms with Gasteiger partial charge in [0.25, 0.3) is 0 Å². The molecular weight excluding hydrogens is 326 g/mol. The van der Waals surface area contributed by atoms with Crippen molar-refractivity contribution in [1.82, 2.24) is 15.0 Å². The van der Waals surface area contributed by atoms with E-state index >= 15 is 0 Å². The van der Waals surface area contributed by atoms with Gasteiger partial charge in [0.15, 0.2) is 9.84 Å². The summed E-state index contributed by atoms with van der Waals surface area (Å²) in [6.45, 7) is 0.0927. The maximum atomic E-state index is 12.0. The Morgan fingerprint density at radius 2 is 1.86 bits per heavy atom. The number of halogens is 1. The van der Waals surface area contributed by atoms with Crippen LogP contribution in [-0.2, 0) is 15.6 Å². The number of aromatic nitrogens is 3. The minimum absolute atomic E-state index is 0.0927. The van der Waals surface area contributed by atoms with Crippen LogP contribution in [0.25, 0.3) is 5.69 Å². The molecule has 0 spiro atoms. The summed E-state index contributed by atoms with van der Waals surface area (Å²) in [5.41, 5.74) is 1.18. The monoisotopic (exact) mass is 343 g/mol. The molecule has 0 bridgehead atoms. The largest absolute Gasteiger partial charge is 0.396 e. The third-order valence-corrected chi connectivity index (χ3v) is 5.01. The summed E-state index contributed by atoms with van der Waals surface area (Å²) in [4.78, 5) is 0. The molecule has 1 N–H and O–H groups in total. The molecule has 8 heteroatoms. The normalized spacial score (nSPS) is 11.7. The highest BCUT2D eigenvalue weighted by molar-refractivity contribution is 7.90. The molecule has 0 saturated carbocycles. The van der Waals surface area contributed by atoms with E-state index in [9.17, 15) is 8.42 Å². The minimum atomic E-state index is -3.21. The Bertz CT molecular complexity index is 698. The van der Waals surface area contributed by atoms with Crippen LogP contribution in [0.15, 0.2) is 30.5 Å². The predicted octanol–water partition coefficient (Wildman–Crippen LogP) is 2.00. The van der Waals surface area contributed by atoms with Crippen molar-refractivity contribution >= 4 is 21.4 Å². The number of nitrogens with zero attached hydrogens (tertiary/aromatic N) is 3. The van der Waals surface area contributed by atoms with E-state index in [0.29, 0.717) is 30.0 Å². The van der Waals surface area contributed by atoms with Crippen LogP contribution in [0.4, 0.5) is 0 Å². The van der Waals surface area contributed by atoms with Crippen molar-refractivity contribution in [3.8, 4) is 5.69 Å². The van der Waals surface area contributed by atoms with E-state index in [4.69, 9.17) is 16.7 Å². The Morgan fingerprint density at radius 3 is 2.55 bits per heavy atom. The standard InChI is InChI=1S/C14H18ClN3O3S/c15-12-4-6-14(7-5-12)18-10-13(16-17-18)11-22(20,21)9-3-1-2-8-19/h4-7,10,19H,1-3,8-9,11H2. The van der Waals surface area contributed by atoms with Crippen LogP contribution in [-0.4, -0.2) is 40.9 Å². The van der Waals surface area contributed by atoms with Crippen molar-refractivity contribution in [3.05, 3.63) is 41.2 Å². The molecule has 0 radical (unpaired) electrons. The molecule has 1 aromatic heterocycles. The maximum absolute atomic E-state index is 12.0. The van der Waals surface area contributed by atoms with Crippen LogP contribution in [0.2, 0.25) is 5.02 Å². The lowest BCUT2D eigenvalue weighted by molar-refractivity contribution is 0.284. The zero-order chi connectivity index (χ0) is 16.0. The Labute approximate surface area is 134 Å². The average molecular weight is 344 g/mol. The molecular formula is C14H18ClN3O3S. The summed E-state index contributed by atoms with van der Waals surface area (Å²) < 4.78 is 25.5. The van der Waals surface area contributed by atoms with E-state index in [1.54, 1.807) is 30.5 Å². The van der Waals surface area contributed by atoms with Gasteiger partial charge in [-0.2, -0.15) is 0 Å². The summed E-state index contributed by atoms with van der Waals surface area (Å²) in [7, 11) is -3.21. The zero-order valence-corrected chi connectivity index (χ0v) is 13.6. The number of aliphatic hydroxyl groups excluding tert-OH is 1. The van der Waals surface area contributed by atoms with E-state index in [1.807, 2.05) is 0 Å². The molecule has 0 fully saturated rings. The Morgan fingerprint density at radius 1 is 1.14 bits per heavy atom. The van der Waals surface area contributed by atoms with Gasteiger partial charge in [0.2, 0.25) is 0 Å². The lowest BCUT2D eigenvalue weighted by Gasteiger charge is -2.01. The number of unbranched alkanes of at least 4 members (excludes halogenated alkanes) is 2. The SMILES string of the molecule is O=S(=O)(CCCCCO)Cc1cn(-c2ccc(Cl)cc2)nn1. The highest BCUT2D eigenvalue weighted by Crippen LogP contribution is 2.13. The van der Waals surface area contributed by atoms with Crippen LogP contribution < -0.4 is 0 Å². The average Bonchev–Trinajstić information content (AvgIpc) is 2.92. The Kier molecular flexibility index (Phi) is 5.93. The van der Waals surface area contributed by atoms with Crippen LogP contribution in [0.1, 0.15) is 25.0 Å². The van der Waals surface area contributed by atoms with Gasteiger partial charge in [-0.1, -0.05) is 23.2 Å². The van der Waals surface area contributed by atoms with E-state index in [0.717, 1.165) is 5.69 Å². The second kappa shape index (κ2) is 7.71. The van der Waals surface area contributed by atoms with Gasteiger partial charge in [-0.3, -0.25) is 0 Å². The first-order chi connectivity index (χ1) is 10.5. The van der Waals surface area contributed by atoms with Crippen LogP contribution in [0.5, 0.6) is 0 Å². The quantitative estimate of drug-likeness (QED) is 0.741. The van der Waals surface area contributed by atoms with Gasteiger partial charge in [0, 0.05) is 11.6 Å². The van der Waals surface area contributed by atoms with E-state index in [2.05, 4.69) is 10.3 Å². The number of sulfone groups is 1. The molecule has 1 aromatic carbocycles. The molecule has 1 heterocycles. The van der Waals surface area contributed by atoms with Crippen LogP contribution in [0.3, 0.4) is 0 Å². The Balaban J connectivity index is 1.98.